The Balaban J connectivity index is 2.30. The van der Waals surface area contributed by atoms with Crippen molar-refractivity contribution < 1.29 is 9.18 Å². The maximum absolute atomic E-state index is 13.1. The zero-order valence-electron chi connectivity index (χ0n) is 10.5. The molecular formula is C13H17BrFN3O. The van der Waals surface area contributed by atoms with Gasteiger partial charge in [0, 0.05) is 24.1 Å². The molecule has 1 fully saturated rings. The van der Waals surface area contributed by atoms with Gasteiger partial charge in [-0.15, -0.1) is 0 Å². The molecule has 2 rings (SSSR count). The van der Waals surface area contributed by atoms with Gasteiger partial charge in [0.05, 0.1) is 0 Å². The maximum Gasteiger partial charge on any atom is 0.239 e. The van der Waals surface area contributed by atoms with E-state index < -0.39 is 11.9 Å². The molecule has 3 N–H and O–H groups in total. The van der Waals surface area contributed by atoms with Gasteiger partial charge >= 0.3 is 0 Å². The van der Waals surface area contributed by atoms with E-state index >= 15 is 0 Å². The lowest BCUT2D eigenvalue weighted by Crippen LogP contribution is -2.40. The summed E-state index contributed by atoms with van der Waals surface area (Å²) in [5.41, 5.74) is 6.26. The molecule has 0 spiro atoms. The van der Waals surface area contributed by atoms with Crippen LogP contribution in [0.4, 0.5) is 4.39 Å². The molecule has 104 valence electrons. The van der Waals surface area contributed by atoms with Crippen LogP contribution in [0, 0.1) is 5.82 Å². The van der Waals surface area contributed by atoms with Crippen molar-refractivity contribution in [2.24, 2.45) is 5.73 Å². The van der Waals surface area contributed by atoms with E-state index in [0.29, 0.717) is 4.47 Å². The van der Waals surface area contributed by atoms with Crippen LogP contribution in [-0.4, -0.2) is 37.0 Å². The van der Waals surface area contributed by atoms with Crippen molar-refractivity contribution in [2.45, 2.75) is 12.5 Å². The van der Waals surface area contributed by atoms with E-state index in [1.807, 2.05) is 4.90 Å². The van der Waals surface area contributed by atoms with Gasteiger partial charge in [-0.3, -0.25) is 9.69 Å². The van der Waals surface area contributed by atoms with Crippen molar-refractivity contribution in [1.82, 2.24) is 10.2 Å². The lowest BCUT2D eigenvalue weighted by Gasteiger charge is -2.28. The normalized spacial score (nSPS) is 18.8. The Hall–Kier alpha value is -0.980. The number of nitrogens with zero attached hydrogens (tertiary/aromatic N) is 1. The molecule has 1 amide bonds. The van der Waals surface area contributed by atoms with Crippen molar-refractivity contribution in [2.75, 3.05) is 26.2 Å². The van der Waals surface area contributed by atoms with Gasteiger partial charge in [0.25, 0.3) is 0 Å². The first-order valence-electron chi connectivity index (χ1n) is 6.28. The molecule has 1 aliphatic heterocycles. The zero-order chi connectivity index (χ0) is 13.8. The van der Waals surface area contributed by atoms with Gasteiger partial charge in [-0.1, -0.05) is 22.0 Å². The number of carbonyl (C=O) groups excluding carboxylic acids is 1. The Morgan fingerprint density at radius 3 is 2.89 bits per heavy atom. The molecule has 1 aliphatic rings. The predicted octanol–water partition coefficient (Wildman–Crippen LogP) is 1.41. The second kappa shape index (κ2) is 6.45. The Kier molecular flexibility index (Phi) is 4.90. The molecule has 0 aromatic heterocycles. The van der Waals surface area contributed by atoms with Crippen LogP contribution < -0.4 is 11.1 Å². The lowest BCUT2D eigenvalue weighted by molar-refractivity contribution is -0.123. The number of nitrogens with two attached hydrogens (primary N) is 1. The van der Waals surface area contributed by atoms with Crippen LogP contribution >= 0.6 is 15.9 Å². The van der Waals surface area contributed by atoms with Gasteiger partial charge in [0.1, 0.15) is 11.9 Å². The molecule has 1 heterocycles. The fourth-order valence-electron chi connectivity index (χ4n) is 2.38. The minimum Gasteiger partial charge on any atom is -0.368 e. The predicted molar refractivity (Wildman–Crippen MR) is 75.1 cm³/mol. The summed E-state index contributed by atoms with van der Waals surface area (Å²) in [6, 6.07) is 3.82. The molecule has 0 saturated carbocycles. The monoisotopic (exact) mass is 329 g/mol. The van der Waals surface area contributed by atoms with E-state index in [9.17, 15) is 9.18 Å². The summed E-state index contributed by atoms with van der Waals surface area (Å²) in [5.74, 6) is -0.745. The molecule has 1 aromatic carbocycles. The van der Waals surface area contributed by atoms with E-state index in [0.717, 1.165) is 38.2 Å². The van der Waals surface area contributed by atoms with Crippen LogP contribution in [0.15, 0.2) is 22.7 Å². The molecule has 0 radical (unpaired) electrons. The summed E-state index contributed by atoms with van der Waals surface area (Å²) in [6.07, 6.45) is 0.961. The summed E-state index contributed by atoms with van der Waals surface area (Å²) < 4.78 is 13.7. The van der Waals surface area contributed by atoms with E-state index in [1.165, 1.54) is 12.1 Å². The van der Waals surface area contributed by atoms with Crippen molar-refractivity contribution in [3.63, 3.8) is 0 Å². The molecule has 6 heteroatoms. The topological polar surface area (TPSA) is 58.4 Å². The van der Waals surface area contributed by atoms with Gasteiger partial charge in [-0.05, 0) is 30.7 Å². The molecule has 1 aromatic rings. The van der Waals surface area contributed by atoms with Crippen LogP contribution in [0.5, 0.6) is 0 Å². The number of amides is 1. The van der Waals surface area contributed by atoms with Crippen LogP contribution in [0.3, 0.4) is 0 Å². The standard InChI is InChI=1S/C13H17BrFN3O/c14-11-8-9(15)2-3-10(11)12(13(16)19)18-6-1-4-17-5-7-18/h2-3,8,12,17H,1,4-7H2,(H2,16,19). The first-order chi connectivity index (χ1) is 9.09. The minimum atomic E-state index is -0.519. The second-order valence-corrected chi connectivity index (χ2v) is 5.46. The number of hydrogen-bond acceptors (Lipinski definition) is 3. The highest BCUT2D eigenvalue weighted by molar-refractivity contribution is 9.10. The number of hydrogen-bond donors (Lipinski definition) is 2. The van der Waals surface area contributed by atoms with Gasteiger partial charge in [-0.2, -0.15) is 0 Å². The summed E-state index contributed by atoms with van der Waals surface area (Å²) in [5, 5.41) is 3.28. The van der Waals surface area contributed by atoms with Crippen LogP contribution in [0.1, 0.15) is 18.0 Å². The number of rotatable bonds is 3. The van der Waals surface area contributed by atoms with Gasteiger partial charge < -0.3 is 11.1 Å². The molecular weight excluding hydrogens is 313 g/mol. The average molecular weight is 330 g/mol. The van der Waals surface area contributed by atoms with Crippen LogP contribution in [0.2, 0.25) is 0 Å². The molecule has 0 bridgehead atoms. The Labute approximate surface area is 120 Å². The molecule has 1 saturated heterocycles. The van der Waals surface area contributed by atoms with Gasteiger partial charge in [0.2, 0.25) is 5.91 Å². The fourth-order valence-corrected chi connectivity index (χ4v) is 2.95. The summed E-state index contributed by atoms with van der Waals surface area (Å²) in [4.78, 5) is 13.8. The van der Waals surface area contributed by atoms with E-state index in [2.05, 4.69) is 21.2 Å². The summed E-state index contributed by atoms with van der Waals surface area (Å²) in [6.45, 7) is 3.30. The summed E-state index contributed by atoms with van der Waals surface area (Å²) >= 11 is 3.31. The van der Waals surface area contributed by atoms with E-state index in [-0.39, 0.29) is 5.82 Å². The Morgan fingerprint density at radius 2 is 2.21 bits per heavy atom. The van der Waals surface area contributed by atoms with Gasteiger partial charge in [0.15, 0.2) is 0 Å². The maximum atomic E-state index is 13.1. The second-order valence-electron chi connectivity index (χ2n) is 4.61. The largest absolute Gasteiger partial charge is 0.368 e. The molecule has 4 nitrogen and oxygen atoms in total. The van der Waals surface area contributed by atoms with E-state index in [1.54, 1.807) is 6.07 Å². The third kappa shape index (κ3) is 3.52. The zero-order valence-corrected chi connectivity index (χ0v) is 12.1. The number of primary amides is 1. The lowest BCUT2D eigenvalue weighted by atomic mass is 10.0. The Bertz CT molecular complexity index is 461. The SMILES string of the molecule is NC(=O)C(c1ccc(F)cc1Br)N1CCCNCC1. The van der Waals surface area contributed by atoms with Crippen molar-refractivity contribution in [3.05, 3.63) is 34.1 Å². The summed E-state index contributed by atoms with van der Waals surface area (Å²) in [7, 11) is 0. The fraction of sp³-hybridized carbons (Fsp3) is 0.462. The quantitative estimate of drug-likeness (QED) is 0.881. The third-order valence-corrected chi connectivity index (χ3v) is 3.95. The molecule has 1 atom stereocenters. The number of benzene rings is 1. The van der Waals surface area contributed by atoms with E-state index in [4.69, 9.17) is 5.73 Å². The van der Waals surface area contributed by atoms with Crippen LogP contribution in [0.25, 0.3) is 0 Å². The minimum absolute atomic E-state index is 0.337. The highest BCUT2D eigenvalue weighted by Gasteiger charge is 2.27. The molecule has 19 heavy (non-hydrogen) atoms. The van der Waals surface area contributed by atoms with Crippen molar-refractivity contribution >= 4 is 21.8 Å². The Morgan fingerprint density at radius 1 is 1.42 bits per heavy atom. The van der Waals surface area contributed by atoms with Crippen molar-refractivity contribution in [1.29, 1.82) is 0 Å². The highest BCUT2D eigenvalue weighted by atomic mass is 79.9. The van der Waals surface area contributed by atoms with Crippen LogP contribution in [-0.2, 0) is 4.79 Å². The van der Waals surface area contributed by atoms with Crippen molar-refractivity contribution in [3.8, 4) is 0 Å². The first kappa shape index (κ1) is 14.4. The van der Waals surface area contributed by atoms with Gasteiger partial charge in [-0.25, -0.2) is 4.39 Å². The smallest absolute Gasteiger partial charge is 0.239 e. The molecule has 1 unspecified atom stereocenters. The molecule has 0 aliphatic carbocycles. The first-order valence-corrected chi connectivity index (χ1v) is 7.08. The average Bonchev–Trinajstić information content (AvgIpc) is 2.61. The third-order valence-electron chi connectivity index (χ3n) is 3.27. The number of halogens is 2. The number of carbonyl (C=O) groups is 1. The highest BCUT2D eigenvalue weighted by Crippen LogP contribution is 2.28. The number of nitrogens with one attached hydrogen (secondary N) is 1.